The highest BCUT2D eigenvalue weighted by molar-refractivity contribution is 5.85. The van der Waals surface area contributed by atoms with Crippen LogP contribution in [0.15, 0.2) is 0 Å². The number of ether oxygens (including phenoxy) is 1. The third kappa shape index (κ3) is 3.82. The monoisotopic (exact) mass is 364 g/mol. The van der Waals surface area contributed by atoms with E-state index in [1.807, 2.05) is 23.6 Å². The molecule has 8 heteroatoms. The highest BCUT2D eigenvalue weighted by Gasteiger charge is 2.36. The SMILES string of the molecule is Cc1nn(C)c(C)c1C1CCCN1C(=O)C1COCCN1.Cl.Cl. The molecule has 132 valence electrons. The van der Waals surface area contributed by atoms with Gasteiger partial charge in [-0.15, -0.1) is 24.8 Å². The highest BCUT2D eigenvalue weighted by atomic mass is 35.5. The van der Waals surface area contributed by atoms with E-state index in [4.69, 9.17) is 4.74 Å². The molecule has 0 radical (unpaired) electrons. The van der Waals surface area contributed by atoms with Gasteiger partial charge in [-0.05, 0) is 26.7 Å². The van der Waals surface area contributed by atoms with E-state index < -0.39 is 0 Å². The molecule has 0 aliphatic carbocycles. The van der Waals surface area contributed by atoms with Crippen LogP contribution in [0.25, 0.3) is 0 Å². The number of carbonyl (C=O) groups is 1. The van der Waals surface area contributed by atoms with Crippen LogP contribution in [0.3, 0.4) is 0 Å². The van der Waals surface area contributed by atoms with Gasteiger partial charge in [-0.1, -0.05) is 0 Å². The smallest absolute Gasteiger partial charge is 0.242 e. The molecular weight excluding hydrogens is 339 g/mol. The number of nitrogens with zero attached hydrogens (tertiary/aromatic N) is 3. The van der Waals surface area contributed by atoms with Crippen LogP contribution in [0.2, 0.25) is 0 Å². The van der Waals surface area contributed by atoms with Crippen molar-refractivity contribution in [3.05, 3.63) is 17.0 Å². The lowest BCUT2D eigenvalue weighted by molar-refractivity contribution is -0.137. The molecule has 1 aromatic heterocycles. The van der Waals surface area contributed by atoms with Gasteiger partial charge in [0.2, 0.25) is 5.91 Å². The van der Waals surface area contributed by atoms with Crippen molar-refractivity contribution in [3.8, 4) is 0 Å². The number of amides is 1. The second-order valence-corrected chi connectivity index (χ2v) is 5.98. The molecule has 1 amide bonds. The van der Waals surface area contributed by atoms with Crippen molar-refractivity contribution < 1.29 is 9.53 Å². The van der Waals surface area contributed by atoms with E-state index in [1.165, 1.54) is 5.56 Å². The molecule has 2 aliphatic heterocycles. The average Bonchev–Trinajstić information content (AvgIpc) is 3.05. The Morgan fingerprint density at radius 3 is 2.65 bits per heavy atom. The van der Waals surface area contributed by atoms with Crippen molar-refractivity contribution in [2.45, 2.75) is 38.8 Å². The van der Waals surface area contributed by atoms with Crippen LogP contribution in [0, 0.1) is 13.8 Å². The van der Waals surface area contributed by atoms with Crippen LogP contribution in [-0.2, 0) is 16.6 Å². The number of halogens is 2. The Kier molecular flexibility index (Phi) is 7.32. The highest BCUT2D eigenvalue weighted by Crippen LogP contribution is 2.35. The molecule has 2 atom stereocenters. The Balaban J connectivity index is 0.00000132. The fourth-order valence-electron chi connectivity index (χ4n) is 3.53. The van der Waals surface area contributed by atoms with E-state index in [9.17, 15) is 4.79 Å². The number of hydrogen-bond donors (Lipinski definition) is 1. The quantitative estimate of drug-likeness (QED) is 0.864. The van der Waals surface area contributed by atoms with E-state index in [2.05, 4.69) is 17.3 Å². The molecule has 0 saturated carbocycles. The molecule has 0 aromatic carbocycles. The first-order chi connectivity index (χ1) is 10.1. The van der Waals surface area contributed by atoms with Gasteiger partial charge in [0, 0.05) is 31.4 Å². The molecule has 1 aromatic rings. The number of aromatic nitrogens is 2. The maximum atomic E-state index is 12.8. The standard InChI is InChI=1S/C15H24N4O2.2ClH/c1-10-14(11(2)18(3)17-10)13-5-4-7-19(13)15(20)12-9-21-8-6-16-12;;/h12-13,16H,4-9H2,1-3H3;2*1H. The van der Waals surface area contributed by atoms with Crippen LogP contribution in [0.4, 0.5) is 0 Å². The molecule has 2 saturated heterocycles. The Bertz CT molecular complexity index is 544. The fourth-order valence-corrected chi connectivity index (χ4v) is 3.53. The molecule has 0 bridgehead atoms. The van der Waals surface area contributed by atoms with Crippen molar-refractivity contribution >= 4 is 30.7 Å². The minimum absolute atomic E-state index is 0. The number of aryl methyl sites for hydroxylation is 2. The summed E-state index contributed by atoms with van der Waals surface area (Å²) in [5.74, 6) is 0.167. The lowest BCUT2D eigenvalue weighted by Crippen LogP contribution is -2.52. The summed E-state index contributed by atoms with van der Waals surface area (Å²) in [7, 11) is 1.96. The van der Waals surface area contributed by atoms with Crippen LogP contribution in [-0.4, -0.2) is 52.9 Å². The summed E-state index contributed by atoms with van der Waals surface area (Å²) in [5.41, 5.74) is 3.41. The maximum Gasteiger partial charge on any atom is 0.242 e. The van der Waals surface area contributed by atoms with Crippen molar-refractivity contribution in [1.29, 1.82) is 0 Å². The van der Waals surface area contributed by atoms with Gasteiger partial charge in [0.25, 0.3) is 0 Å². The molecule has 3 rings (SSSR count). The molecule has 2 aliphatic rings. The first kappa shape index (κ1) is 20.2. The predicted molar refractivity (Wildman–Crippen MR) is 93.5 cm³/mol. The van der Waals surface area contributed by atoms with Crippen LogP contribution in [0.5, 0.6) is 0 Å². The first-order valence-electron chi connectivity index (χ1n) is 7.71. The number of rotatable bonds is 2. The van der Waals surface area contributed by atoms with Crippen molar-refractivity contribution in [3.63, 3.8) is 0 Å². The largest absolute Gasteiger partial charge is 0.378 e. The summed E-state index contributed by atoms with van der Waals surface area (Å²) in [5, 5.41) is 7.77. The average molecular weight is 365 g/mol. The van der Waals surface area contributed by atoms with E-state index in [0.717, 1.165) is 37.3 Å². The predicted octanol–water partition coefficient (Wildman–Crippen LogP) is 1.53. The third-order valence-corrected chi connectivity index (χ3v) is 4.65. The number of carbonyl (C=O) groups excluding carboxylic acids is 1. The Hall–Kier alpha value is -0.820. The molecule has 0 spiro atoms. The summed E-state index contributed by atoms with van der Waals surface area (Å²) in [6.07, 6.45) is 2.07. The van der Waals surface area contributed by atoms with Gasteiger partial charge in [-0.2, -0.15) is 5.10 Å². The van der Waals surface area contributed by atoms with Crippen molar-refractivity contribution in [2.75, 3.05) is 26.3 Å². The zero-order chi connectivity index (χ0) is 15.0. The van der Waals surface area contributed by atoms with Gasteiger partial charge in [0.05, 0.1) is 24.9 Å². The summed E-state index contributed by atoms with van der Waals surface area (Å²) < 4.78 is 7.34. The van der Waals surface area contributed by atoms with Crippen LogP contribution < -0.4 is 5.32 Å². The Morgan fingerprint density at radius 2 is 2.09 bits per heavy atom. The van der Waals surface area contributed by atoms with Crippen LogP contribution >= 0.6 is 24.8 Å². The Morgan fingerprint density at radius 1 is 1.35 bits per heavy atom. The minimum Gasteiger partial charge on any atom is -0.378 e. The summed E-state index contributed by atoms with van der Waals surface area (Å²) in [4.78, 5) is 14.8. The van der Waals surface area contributed by atoms with Crippen molar-refractivity contribution in [1.82, 2.24) is 20.0 Å². The topological polar surface area (TPSA) is 59.4 Å². The lowest BCUT2D eigenvalue weighted by Gasteiger charge is -2.31. The Labute approximate surface area is 149 Å². The zero-order valence-electron chi connectivity index (χ0n) is 13.9. The zero-order valence-corrected chi connectivity index (χ0v) is 15.5. The fraction of sp³-hybridized carbons (Fsp3) is 0.733. The second-order valence-electron chi connectivity index (χ2n) is 5.98. The minimum atomic E-state index is -0.198. The normalized spacial score (nSPS) is 24.0. The number of likely N-dealkylation sites (tertiary alicyclic amines) is 1. The third-order valence-electron chi connectivity index (χ3n) is 4.65. The van der Waals surface area contributed by atoms with E-state index in [0.29, 0.717) is 13.2 Å². The van der Waals surface area contributed by atoms with Gasteiger partial charge in [0.15, 0.2) is 0 Å². The number of nitrogens with one attached hydrogen (secondary N) is 1. The first-order valence-corrected chi connectivity index (χ1v) is 7.71. The van der Waals surface area contributed by atoms with Gasteiger partial charge in [0.1, 0.15) is 6.04 Å². The summed E-state index contributed by atoms with van der Waals surface area (Å²) in [6, 6.07) is -0.0356. The van der Waals surface area contributed by atoms with E-state index >= 15 is 0 Å². The molecule has 23 heavy (non-hydrogen) atoms. The summed E-state index contributed by atoms with van der Waals surface area (Å²) >= 11 is 0. The summed E-state index contributed by atoms with van der Waals surface area (Å²) in [6.45, 7) is 6.86. The maximum absolute atomic E-state index is 12.8. The van der Waals surface area contributed by atoms with Gasteiger partial charge < -0.3 is 15.0 Å². The molecule has 2 fully saturated rings. The molecule has 2 unspecified atom stereocenters. The lowest BCUT2D eigenvalue weighted by atomic mass is 10.0. The van der Waals surface area contributed by atoms with Crippen LogP contribution in [0.1, 0.15) is 35.8 Å². The molecule has 6 nitrogen and oxygen atoms in total. The molecule has 3 heterocycles. The number of hydrogen-bond acceptors (Lipinski definition) is 4. The van der Waals surface area contributed by atoms with E-state index in [-0.39, 0.29) is 42.8 Å². The van der Waals surface area contributed by atoms with E-state index in [1.54, 1.807) is 0 Å². The van der Waals surface area contributed by atoms with Crippen molar-refractivity contribution in [2.24, 2.45) is 7.05 Å². The van der Waals surface area contributed by atoms with Gasteiger partial charge in [-0.25, -0.2) is 0 Å². The molecule has 1 N–H and O–H groups in total. The van der Waals surface area contributed by atoms with Gasteiger partial charge in [-0.3, -0.25) is 9.48 Å². The van der Waals surface area contributed by atoms with Gasteiger partial charge >= 0.3 is 0 Å². The molecular formula is C15H26Cl2N4O2. The number of morpholine rings is 1. The second kappa shape index (κ2) is 8.33.